The minimum Gasteiger partial charge on any atom is -0.545 e. The molecule has 26 heavy (non-hydrogen) atoms. The second kappa shape index (κ2) is 11.0. The standard InChI is InChI=1S/C22H34O4/c1-5-15(3)9-7-11-17-13-14-19(21(23)24)20(22(25)26)18(17)12-8-10-16(4)6-2/h13-16H,5-12H2,1-4H3,(H,23,24)(H,25,26)/p-2. The Kier molecular flexibility index (Phi) is 9.39. The van der Waals surface area contributed by atoms with E-state index in [1.165, 1.54) is 6.07 Å². The maximum atomic E-state index is 11.7. The van der Waals surface area contributed by atoms with E-state index in [2.05, 4.69) is 27.7 Å². The monoisotopic (exact) mass is 360 g/mol. The summed E-state index contributed by atoms with van der Waals surface area (Å²) >= 11 is 0. The van der Waals surface area contributed by atoms with Gasteiger partial charge in [-0.1, -0.05) is 65.5 Å². The van der Waals surface area contributed by atoms with Crippen LogP contribution in [0.3, 0.4) is 0 Å². The summed E-state index contributed by atoms with van der Waals surface area (Å²) in [5.41, 5.74) is 1.10. The van der Waals surface area contributed by atoms with Crippen molar-refractivity contribution in [2.75, 3.05) is 0 Å². The number of carboxylic acids is 2. The molecule has 0 spiro atoms. The molecule has 0 aliphatic carbocycles. The van der Waals surface area contributed by atoms with Crippen molar-refractivity contribution >= 4 is 11.9 Å². The third-order valence-electron chi connectivity index (χ3n) is 5.49. The zero-order valence-corrected chi connectivity index (χ0v) is 16.6. The topological polar surface area (TPSA) is 80.3 Å². The van der Waals surface area contributed by atoms with Crippen molar-refractivity contribution in [3.05, 3.63) is 34.4 Å². The minimum absolute atomic E-state index is 0.185. The summed E-state index contributed by atoms with van der Waals surface area (Å²) in [4.78, 5) is 23.0. The molecule has 1 rings (SSSR count). The van der Waals surface area contributed by atoms with Crippen molar-refractivity contribution in [2.24, 2.45) is 11.8 Å². The molecule has 1 aromatic rings. The molecule has 1 aromatic carbocycles. The molecule has 0 heterocycles. The Morgan fingerprint density at radius 1 is 0.885 bits per heavy atom. The number of carbonyl (C=O) groups excluding carboxylic acids is 2. The van der Waals surface area contributed by atoms with Crippen LogP contribution in [0.5, 0.6) is 0 Å². The normalized spacial score (nSPS) is 13.4. The summed E-state index contributed by atoms with van der Waals surface area (Å²) in [7, 11) is 0. The fourth-order valence-corrected chi connectivity index (χ4v) is 3.29. The molecule has 0 N–H and O–H groups in total. The molecule has 0 aliphatic rings. The Balaban J connectivity index is 3.11. The first-order valence-corrected chi connectivity index (χ1v) is 9.89. The second-order valence-electron chi connectivity index (χ2n) is 7.51. The van der Waals surface area contributed by atoms with E-state index in [9.17, 15) is 19.8 Å². The molecule has 0 fully saturated rings. The lowest BCUT2D eigenvalue weighted by atomic mass is 9.88. The number of aryl methyl sites for hydroxylation is 1. The molecule has 0 amide bonds. The number of carbonyl (C=O) groups is 2. The second-order valence-corrected chi connectivity index (χ2v) is 7.51. The lowest BCUT2D eigenvalue weighted by Gasteiger charge is -2.21. The van der Waals surface area contributed by atoms with E-state index in [1.807, 2.05) is 0 Å². The molecule has 0 radical (unpaired) electrons. The average molecular weight is 360 g/mol. The van der Waals surface area contributed by atoms with Crippen molar-refractivity contribution in [3.63, 3.8) is 0 Å². The van der Waals surface area contributed by atoms with Gasteiger partial charge in [-0.3, -0.25) is 0 Å². The number of aromatic carboxylic acids is 2. The molecule has 0 bridgehead atoms. The van der Waals surface area contributed by atoms with Crippen LogP contribution in [0, 0.1) is 11.8 Å². The lowest BCUT2D eigenvalue weighted by molar-refractivity contribution is -0.259. The van der Waals surface area contributed by atoms with Gasteiger partial charge < -0.3 is 19.8 Å². The first kappa shape index (κ1) is 22.2. The summed E-state index contributed by atoms with van der Waals surface area (Å²) in [6, 6.07) is 3.12. The van der Waals surface area contributed by atoms with Gasteiger partial charge in [-0.15, -0.1) is 0 Å². The number of carboxylic acid groups (broad SMARTS) is 2. The van der Waals surface area contributed by atoms with Crippen LogP contribution in [0.1, 0.15) is 98.1 Å². The van der Waals surface area contributed by atoms with Crippen molar-refractivity contribution < 1.29 is 19.8 Å². The van der Waals surface area contributed by atoms with Crippen molar-refractivity contribution in [1.29, 1.82) is 0 Å². The van der Waals surface area contributed by atoms with E-state index < -0.39 is 11.9 Å². The van der Waals surface area contributed by atoms with Crippen LogP contribution >= 0.6 is 0 Å². The fourth-order valence-electron chi connectivity index (χ4n) is 3.29. The van der Waals surface area contributed by atoms with Crippen molar-refractivity contribution in [2.45, 2.75) is 79.1 Å². The van der Waals surface area contributed by atoms with Gasteiger partial charge in [-0.25, -0.2) is 0 Å². The minimum atomic E-state index is -1.46. The molecule has 4 heteroatoms. The molecular weight excluding hydrogens is 328 g/mol. The van der Waals surface area contributed by atoms with E-state index >= 15 is 0 Å². The molecule has 0 aliphatic heterocycles. The highest BCUT2D eigenvalue weighted by Gasteiger charge is 2.15. The van der Waals surface area contributed by atoms with Gasteiger partial charge in [0.15, 0.2) is 0 Å². The molecule has 0 saturated heterocycles. The van der Waals surface area contributed by atoms with Gasteiger partial charge >= 0.3 is 0 Å². The van der Waals surface area contributed by atoms with Gasteiger partial charge in [0.1, 0.15) is 0 Å². The predicted molar refractivity (Wildman–Crippen MR) is 99.9 cm³/mol. The Morgan fingerprint density at radius 3 is 1.88 bits per heavy atom. The Bertz CT molecular complexity index is 606. The molecular formula is C22H32O4-2. The van der Waals surface area contributed by atoms with Gasteiger partial charge in [-0.05, 0) is 48.6 Å². The highest BCUT2D eigenvalue weighted by Crippen LogP contribution is 2.25. The van der Waals surface area contributed by atoms with E-state index in [0.29, 0.717) is 23.8 Å². The lowest BCUT2D eigenvalue weighted by Crippen LogP contribution is -2.31. The van der Waals surface area contributed by atoms with Crippen LogP contribution in [0.25, 0.3) is 0 Å². The summed E-state index contributed by atoms with van der Waals surface area (Å²) in [5.74, 6) is -1.68. The highest BCUT2D eigenvalue weighted by molar-refractivity contribution is 6.01. The third-order valence-corrected chi connectivity index (χ3v) is 5.49. The molecule has 2 unspecified atom stereocenters. The van der Waals surface area contributed by atoms with Crippen LogP contribution < -0.4 is 10.2 Å². The summed E-state index contributed by atoms with van der Waals surface area (Å²) < 4.78 is 0. The summed E-state index contributed by atoms with van der Waals surface area (Å²) in [6.45, 7) is 8.67. The largest absolute Gasteiger partial charge is 0.545 e. The molecule has 0 saturated carbocycles. The van der Waals surface area contributed by atoms with Gasteiger partial charge in [-0.2, -0.15) is 0 Å². The van der Waals surface area contributed by atoms with E-state index in [-0.39, 0.29) is 11.1 Å². The molecule has 146 valence electrons. The molecule has 2 atom stereocenters. The number of hydrogen-bond donors (Lipinski definition) is 0. The van der Waals surface area contributed by atoms with Crippen LogP contribution in [0.15, 0.2) is 12.1 Å². The van der Waals surface area contributed by atoms with Gasteiger partial charge in [0, 0.05) is 11.1 Å². The summed E-state index contributed by atoms with van der Waals surface area (Å²) in [5, 5.41) is 23.0. The predicted octanol–water partition coefficient (Wildman–Crippen LogP) is 3.15. The van der Waals surface area contributed by atoms with Crippen LogP contribution in [0.2, 0.25) is 0 Å². The van der Waals surface area contributed by atoms with E-state index in [4.69, 9.17) is 0 Å². The number of benzene rings is 1. The molecule has 4 nitrogen and oxygen atoms in total. The van der Waals surface area contributed by atoms with Gasteiger partial charge in [0.05, 0.1) is 11.9 Å². The SMILES string of the molecule is CCC(C)CCCc1ccc(C(=O)[O-])c(C(=O)[O-])c1CCCC(C)CC. The van der Waals surface area contributed by atoms with E-state index in [0.717, 1.165) is 50.5 Å². The highest BCUT2D eigenvalue weighted by atomic mass is 16.4. The first-order chi connectivity index (χ1) is 12.3. The first-order valence-electron chi connectivity index (χ1n) is 9.89. The van der Waals surface area contributed by atoms with Crippen molar-refractivity contribution in [3.8, 4) is 0 Å². The number of hydrogen-bond acceptors (Lipinski definition) is 4. The Labute approximate surface area is 157 Å². The smallest absolute Gasteiger partial charge is 0.0724 e. The van der Waals surface area contributed by atoms with Crippen molar-refractivity contribution in [1.82, 2.24) is 0 Å². The van der Waals surface area contributed by atoms with Crippen LogP contribution in [0.4, 0.5) is 0 Å². The number of rotatable bonds is 12. The zero-order valence-electron chi connectivity index (χ0n) is 16.6. The Morgan fingerprint density at radius 2 is 1.42 bits per heavy atom. The quantitative estimate of drug-likeness (QED) is 0.573. The summed E-state index contributed by atoms with van der Waals surface area (Å²) in [6.07, 6.45) is 7.39. The zero-order chi connectivity index (χ0) is 19.7. The maximum absolute atomic E-state index is 11.7. The van der Waals surface area contributed by atoms with Crippen LogP contribution in [-0.2, 0) is 12.8 Å². The third kappa shape index (κ3) is 6.47. The van der Waals surface area contributed by atoms with Gasteiger partial charge in [0.25, 0.3) is 0 Å². The molecule has 0 aromatic heterocycles. The van der Waals surface area contributed by atoms with E-state index in [1.54, 1.807) is 6.07 Å². The Hall–Kier alpha value is -1.84. The van der Waals surface area contributed by atoms with Gasteiger partial charge in [0.2, 0.25) is 0 Å². The average Bonchev–Trinajstić information content (AvgIpc) is 2.61. The van der Waals surface area contributed by atoms with Crippen LogP contribution in [-0.4, -0.2) is 11.9 Å². The fraction of sp³-hybridized carbons (Fsp3) is 0.636. The maximum Gasteiger partial charge on any atom is 0.0724 e.